The maximum atomic E-state index is 10.2. The van der Waals surface area contributed by atoms with Crippen molar-refractivity contribution >= 4 is 0 Å². The summed E-state index contributed by atoms with van der Waals surface area (Å²) in [5.74, 6) is 0. The number of nitrogens with one attached hydrogen (secondary N) is 1. The Labute approximate surface area is 93.5 Å². The number of rotatable bonds is 4. The molecule has 0 radical (unpaired) electrons. The summed E-state index contributed by atoms with van der Waals surface area (Å²) in [5.41, 5.74) is 0.129. The normalized spacial score (nSPS) is 28.4. The molecule has 0 spiro atoms. The largest absolute Gasteiger partial charge is 0.389 e. The molecular weight excluding hydrogens is 186 g/mol. The van der Waals surface area contributed by atoms with Gasteiger partial charge in [-0.2, -0.15) is 0 Å². The highest BCUT2D eigenvalue weighted by Crippen LogP contribution is 2.37. The molecule has 0 bridgehead atoms. The third-order valence-electron chi connectivity index (χ3n) is 4.35. The van der Waals surface area contributed by atoms with Gasteiger partial charge in [-0.1, -0.05) is 32.6 Å². The highest BCUT2D eigenvalue weighted by molar-refractivity contribution is 4.88. The van der Waals surface area contributed by atoms with Crippen LogP contribution in [-0.2, 0) is 0 Å². The van der Waals surface area contributed by atoms with Gasteiger partial charge in [0.25, 0.3) is 0 Å². The summed E-state index contributed by atoms with van der Waals surface area (Å²) in [6.45, 7) is 4.28. The molecule has 2 heteroatoms. The third-order valence-corrected chi connectivity index (χ3v) is 4.35. The Morgan fingerprint density at radius 1 is 0.933 bits per heavy atom. The Balaban J connectivity index is 1.69. The van der Waals surface area contributed by atoms with Gasteiger partial charge < -0.3 is 10.4 Å². The van der Waals surface area contributed by atoms with Crippen LogP contribution in [-0.4, -0.2) is 23.8 Å². The first kappa shape index (κ1) is 11.4. The molecule has 2 rings (SSSR count). The molecule has 0 aliphatic heterocycles. The number of hydrogen-bond donors (Lipinski definition) is 2. The van der Waals surface area contributed by atoms with Crippen molar-refractivity contribution in [1.29, 1.82) is 0 Å². The van der Waals surface area contributed by atoms with E-state index in [0.717, 1.165) is 25.9 Å². The van der Waals surface area contributed by atoms with Gasteiger partial charge in [0.15, 0.2) is 0 Å². The minimum Gasteiger partial charge on any atom is -0.389 e. The molecule has 2 aliphatic rings. The van der Waals surface area contributed by atoms with E-state index < -0.39 is 0 Å². The highest BCUT2D eigenvalue weighted by atomic mass is 16.3. The third kappa shape index (κ3) is 2.94. The van der Waals surface area contributed by atoms with Crippen molar-refractivity contribution in [2.75, 3.05) is 13.1 Å². The molecule has 0 aromatic heterocycles. The first-order valence-corrected chi connectivity index (χ1v) is 6.55. The highest BCUT2D eigenvalue weighted by Gasteiger charge is 2.32. The maximum Gasteiger partial charge on any atom is 0.0771 e. The predicted octanol–water partition coefficient (Wildman–Crippen LogP) is 2.46. The van der Waals surface area contributed by atoms with Crippen molar-refractivity contribution in [1.82, 2.24) is 5.32 Å². The average molecular weight is 211 g/mol. The fourth-order valence-electron chi connectivity index (χ4n) is 3.21. The van der Waals surface area contributed by atoms with Gasteiger partial charge in [-0.3, -0.25) is 0 Å². The van der Waals surface area contributed by atoms with Gasteiger partial charge in [-0.05, 0) is 31.1 Å². The SMILES string of the molecule is CC1(CNCC2(O)CCCC2)CCCC1. The van der Waals surface area contributed by atoms with E-state index in [4.69, 9.17) is 0 Å². The summed E-state index contributed by atoms with van der Waals surface area (Å²) < 4.78 is 0. The Hall–Kier alpha value is -0.0800. The molecule has 2 N–H and O–H groups in total. The minimum absolute atomic E-state index is 0.380. The van der Waals surface area contributed by atoms with Crippen LogP contribution in [0.15, 0.2) is 0 Å². The van der Waals surface area contributed by atoms with E-state index in [1.807, 2.05) is 0 Å². The minimum atomic E-state index is -0.380. The van der Waals surface area contributed by atoms with E-state index >= 15 is 0 Å². The van der Waals surface area contributed by atoms with Gasteiger partial charge in [0.05, 0.1) is 5.60 Å². The lowest BCUT2D eigenvalue weighted by Crippen LogP contribution is -2.41. The van der Waals surface area contributed by atoms with Gasteiger partial charge in [-0.25, -0.2) is 0 Å². The quantitative estimate of drug-likeness (QED) is 0.748. The van der Waals surface area contributed by atoms with Crippen LogP contribution in [0.3, 0.4) is 0 Å². The Morgan fingerprint density at radius 3 is 2.07 bits per heavy atom. The first-order chi connectivity index (χ1) is 7.12. The summed E-state index contributed by atoms with van der Waals surface area (Å²) in [7, 11) is 0. The Kier molecular flexibility index (Phi) is 3.36. The molecule has 2 fully saturated rings. The fourth-order valence-corrected chi connectivity index (χ4v) is 3.21. The summed E-state index contributed by atoms with van der Waals surface area (Å²) in [6, 6.07) is 0. The predicted molar refractivity (Wildman–Crippen MR) is 62.9 cm³/mol. The van der Waals surface area contributed by atoms with E-state index in [-0.39, 0.29) is 5.60 Å². The number of hydrogen-bond acceptors (Lipinski definition) is 2. The van der Waals surface area contributed by atoms with Crippen molar-refractivity contribution in [3.05, 3.63) is 0 Å². The lowest BCUT2D eigenvalue weighted by atomic mass is 9.88. The molecule has 15 heavy (non-hydrogen) atoms. The van der Waals surface area contributed by atoms with Crippen LogP contribution >= 0.6 is 0 Å². The van der Waals surface area contributed by atoms with Crippen molar-refractivity contribution in [3.8, 4) is 0 Å². The second-order valence-corrected chi connectivity index (χ2v) is 6.05. The van der Waals surface area contributed by atoms with Crippen LogP contribution in [0.4, 0.5) is 0 Å². The Bertz CT molecular complexity index is 181. The molecule has 0 heterocycles. The van der Waals surface area contributed by atoms with Crippen LogP contribution in [0, 0.1) is 5.41 Å². The van der Waals surface area contributed by atoms with Crippen LogP contribution in [0.2, 0.25) is 0 Å². The van der Waals surface area contributed by atoms with E-state index in [0.29, 0.717) is 5.41 Å². The average Bonchev–Trinajstić information content (AvgIpc) is 2.76. The van der Waals surface area contributed by atoms with Crippen LogP contribution < -0.4 is 5.32 Å². The zero-order valence-electron chi connectivity index (χ0n) is 10.0. The molecular formula is C13H25NO. The number of aliphatic hydroxyl groups is 1. The molecule has 88 valence electrons. The lowest BCUT2D eigenvalue weighted by molar-refractivity contribution is 0.0451. The summed E-state index contributed by atoms with van der Waals surface area (Å²) in [4.78, 5) is 0. The van der Waals surface area contributed by atoms with Gasteiger partial charge in [0.1, 0.15) is 0 Å². The van der Waals surface area contributed by atoms with Crippen LogP contribution in [0.25, 0.3) is 0 Å². The summed E-state index contributed by atoms with van der Waals surface area (Å²) in [5, 5.41) is 13.7. The molecule has 0 unspecified atom stereocenters. The molecule has 0 aromatic rings. The van der Waals surface area contributed by atoms with Gasteiger partial charge in [0.2, 0.25) is 0 Å². The van der Waals surface area contributed by atoms with E-state index in [1.165, 1.54) is 38.5 Å². The monoisotopic (exact) mass is 211 g/mol. The first-order valence-electron chi connectivity index (χ1n) is 6.55. The molecule has 2 aliphatic carbocycles. The van der Waals surface area contributed by atoms with Gasteiger partial charge >= 0.3 is 0 Å². The van der Waals surface area contributed by atoms with Crippen molar-refractivity contribution in [2.45, 2.75) is 63.9 Å². The zero-order valence-corrected chi connectivity index (χ0v) is 10.0. The molecule has 2 saturated carbocycles. The molecule has 0 saturated heterocycles. The van der Waals surface area contributed by atoms with E-state index in [1.54, 1.807) is 0 Å². The lowest BCUT2D eigenvalue weighted by Gasteiger charge is -2.28. The Morgan fingerprint density at radius 2 is 1.47 bits per heavy atom. The van der Waals surface area contributed by atoms with Crippen molar-refractivity contribution in [2.24, 2.45) is 5.41 Å². The second kappa shape index (κ2) is 4.42. The summed E-state index contributed by atoms with van der Waals surface area (Å²) >= 11 is 0. The van der Waals surface area contributed by atoms with Crippen LogP contribution in [0.1, 0.15) is 58.3 Å². The standard InChI is InChI=1S/C13H25NO/c1-12(6-2-3-7-12)10-14-11-13(15)8-4-5-9-13/h14-15H,2-11H2,1H3. The molecule has 0 amide bonds. The van der Waals surface area contributed by atoms with Gasteiger partial charge in [0, 0.05) is 13.1 Å². The molecule has 0 atom stereocenters. The van der Waals surface area contributed by atoms with Crippen LogP contribution in [0.5, 0.6) is 0 Å². The smallest absolute Gasteiger partial charge is 0.0771 e. The summed E-state index contributed by atoms with van der Waals surface area (Å²) in [6.07, 6.45) is 9.90. The maximum absolute atomic E-state index is 10.2. The van der Waals surface area contributed by atoms with Crippen molar-refractivity contribution in [3.63, 3.8) is 0 Å². The van der Waals surface area contributed by atoms with E-state index in [2.05, 4.69) is 12.2 Å². The fraction of sp³-hybridized carbons (Fsp3) is 1.00. The second-order valence-electron chi connectivity index (χ2n) is 6.05. The molecule has 2 nitrogen and oxygen atoms in total. The topological polar surface area (TPSA) is 32.3 Å². The van der Waals surface area contributed by atoms with E-state index in [9.17, 15) is 5.11 Å². The van der Waals surface area contributed by atoms with Crippen molar-refractivity contribution < 1.29 is 5.11 Å². The van der Waals surface area contributed by atoms with Gasteiger partial charge in [-0.15, -0.1) is 0 Å². The zero-order chi connectivity index (χ0) is 10.8. The molecule has 0 aromatic carbocycles.